The van der Waals surface area contributed by atoms with E-state index in [4.69, 9.17) is 15.2 Å². The number of alkyl halides is 1. The van der Waals surface area contributed by atoms with E-state index in [1.54, 1.807) is 32.9 Å². The number of nitrogens with one attached hydrogen (secondary N) is 1. The summed E-state index contributed by atoms with van der Waals surface area (Å²) < 4.78 is 24.3. The van der Waals surface area contributed by atoms with E-state index in [1.807, 2.05) is 0 Å². The van der Waals surface area contributed by atoms with Crippen LogP contribution in [0.3, 0.4) is 0 Å². The van der Waals surface area contributed by atoms with Gasteiger partial charge in [0.2, 0.25) is 0 Å². The predicted molar refractivity (Wildman–Crippen MR) is 80.4 cm³/mol. The lowest BCUT2D eigenvalue weighted by atomic mass is 10.1. The summed E-state index contributed by atoms with van der Waals surface area (Å²) in [6.45, 7) is 5.54. The molecular formula is C15H23FN2O3. The number of methoxy groups -OCH3 is 1. The molecule has 1 atom stereocenters. The molecule has 0 aliphatic rings. The van der Waals surface area contributed by atoms with E-state index in [2.05, 4.69) is 5.32 Å². The number of anilines is 1. The number of halogens is 1. The van der Waals surface area contributed by atoms with Crippen LogP contribution in [-0.2, 0) is 4.74 Å². The first-order chi connectivity index (χ1) is 9.76. The van der Waals surface area contributed by atoms with Crippen molar-refractivity contribution in [2.45, 2.75) is 39.0 Å². The molecule has 21 heavy (non-hydrogen) atoms. The fraction of sp³-hybridized carbons (Fsp3) is 0.533. The zero-order chi connectivity index (χ0) is 16.0. The lowest BCUT2D eigenvalue weighted by Crippen LogP contribution is -2.27. The molecule has 1 aromatic rings. The van der Waals surface area contributed by atoms with Crippen molar-refractivity contribution < 1.29 is 18.7 Å². The van der Waals surface area contributed by atoms with Gasteiger partial charge in [0.1, 0.15) is 17.5 Å². The van der Waals surface area contributed by atoms with Gasteiger partial charge in [-0.05, 0) is 51.9 Å². The number of rotatable bonds is 5. The van der Waals surface area contributed by atoms with Crippen LogP contribution < -0.4 is 15.8 Å². The molecule has 0 aromatic heterocycles. The molecule has 118 valence electrons. The van der Waals surface area contributed by atoms with Crippen LogP contribution in [0, 0.1) is 0 Å². The molecule has 0 saturated carbocycles. The summed E-state index contributed by atoms with van der Waals surface area (Å²) in [5.74, 6) is 0.422. The summed E-state index contributed by atoms with van der Waals surface area (Å²) in [4.78, 5) is 11.7. The van der Waals surface area contributed by atoms with Gasteiger partial charge in [0.15, 0.2) is 0 Å². The van der Waals surface area contributed by atoms with Crippen LogP contribution in [0.1, 0.15) is 38.9 Å². The lowest BCUT2D eigenvalue weighted by Gasteiger charge is -2.20. The highest BCUT2D eigenvalue weighted by molar-refractivity contribution is 5.85. The summed E-state index contributed by atoms with van der Waals surface area (Å²) in [6.07, 6.45) is -1.65. The van der Waals surface area contributed by atoms with Crippen molar-refractivity contribution in [1.29, 1.82) is 0 Å². The van der Waals surface area contributed by atoms with Gasteiger partial charge in [-0.25, -0.2) is 9.18 Å². The first-order valence-corrected chi connectivity index (χ1v) is 6.79. The Morgan fingerprint density at radius 2 is 2.10 bits per heavy atom. The van der Waals surface area contributed by atoms with Crippen LogP contribution in [0.4, 0.5) is 14.9 Å². The van der Waals surface area contributed by atoms with Gasteiger partial charge in [-0.2, -0.15) is 0 Å². The van der Waals surface area contributed by atoms with Gasteiger partial charge in [0.05, 0.1) is 7.11 Å². The highest BCUT2D eigenvalue weighted by atomic mass is 19.1. The third-order valence-electron chi connectivity index (χ3n) is 2.63. The average Bonchev–Trinajstić information content (AvgIpc) is 2.36. The first kappa shape index (κ1) is 17.2. The minimum absolute atomic E-state index is 0.187. The molecule has 0 saturated heterocycles. The Kier molecular flexibility index (Phi) is 5.96. The van der Waals surface area contributed by atoms with E-state index in [1.165, 1.54) is 13.2 Å². The molecule has 0 aliphatic carbocycles. The van der Waals surface area contributed by atoms with Gasteiger partial charge in [-0.3, -0.25) is 5.32 Å². The summed E-state index contributed by atoms with van der Waals surface area (Å²) in [6, 6.07) is 4.76. The SMILES string of the molecule is COc1ccc(NC(=O)OC(C)(C)C)cc1C(F)CCN. The van der Waals surface area contributed by atoms with E-state index in [0.717, 1.165) is 0 Å². The van der Waals surface area contributed by atoms with Gasteiger partial charge in [-0.15, -0.1) is 0 Å². The molecule has 0 radical (unpaired) electrons. The minimum Gasteiger partial charge on any atom is -0.496 e. The van der Waals surface area contributed by atoms with Crippen molar-refractivity contribution in [3.05, 3.63) is 23.8 Å². The van der Waals surface area contributed by atoms with Crippen LogP contribution in [0.25, 0.3) is 0 Å². The van der Waals surface area contributed by atoms with Gasteiger partial charge in [0.25, 0.3) is 0 Å². The Hall–Kier alpha value is -1.82. The molecule has 0 spiro atoms. The van der Waals surface area contributed by atoms with Crippen LogP contribution in [0.2, 0.25) is 0 Å². The van der Waals surface area contributed by atoms with Crippen LogP contribution in [0.5, 0.6) is 5.75 Å². The molecule has 5 nitrogen and oxygen atoms in total. The topological polar surface area (TPSA) is 73.6 Å². The van der Waals surface area contributed by atoms with E-state index in [0.29, 0.717) is 17.0 Å². The fourth-order valence-electron chi connectivity index (χ4n) is 1.78. The number of nitrogens with two attached hydrogens (primary N) is 1. The molecule has 0 fully saturated rings. The zero-order valence-electron chi connectivity index (χ0n) is 12.9. The van der Waals surface area contributed by atoms with Gasteiger partial charge in [-0.1, -0.05) is 0 Å². The number of hydrogen-bond acceptors (Lipinski definition) is 4. The summed E-state index contributed by atoms with van der Waals surface area (Å²) in [5, 5.41) is 2.57. The normalized spacial score (nSPS) is 12.7. The summed E-state index contributed by atoms with van der Waals surface area (Å²) in [7, 11) is 1.47. The first-order valence-electron chi connectivity index (χ1n) is 6.79. The van der Waals surface area contributed by atoms with Crippen molar-refractivity contribution >= 4 is 11.8 Å². The Bertz CT molecular complexity index is 486. The Morgan fingerprint density at radius 3 is 2.62 bits per heavy atom. The maximum atomic E-state index is 14.1. The molecule has 0 aliphatic heterocycles. The van der Waals surface area contributed by atoms with Crippen molar-refractivity contribution in [1.82, 2.24) is 0 Å². The number of carbonyl (C=O) groups is 1. The lowest BCUT2D eigenvalue weighted by molar-refractivity contribution is 0.0636. The number of ether oxygens (including phenoxy) is 2. The molecule has 0 bridgehead atoms. The van der Waals surface area contributed by atoms with Crippen LogP contribution in [-0.4, -0.2) is 25.3 Å². The maximum Gasteiger partial charge on any atom is 0.412 e. The molecule has 0 heterocycles. The fourth-order valence-corrected chi connectivity index (χ4v) is 1.78. The highest BCUT2D eigenvalue weighted by Gasteiger charge is 2.18. The van der Waals surface area contributed by atoms with Gasteiger partial charge < -0.3 is 15.2 Å². The second-order valence-corrected chi connectivity index (χ2v) is 5.63. The molecule has 6 heteroatoms. The van der Waals surface area contributed by atoms with Crippen LogP contribution in [0.15, 0.2) is 18.2 Å². The monoisotopic (exact) mass is 298 g/mol. The third kappa shape index (κ3) is 5.59. The number of carbonyl (C=O) groups excluding carboxylic acids is 1. The number of benzene rings is 1. The molecule has 1 amide bonds. The Morgan fingerprint density at radius 1 is 1.43 bits per heavy atom. The molecule has 1 rings (SSSR count). The average molecular weight is 298 g/mol. The minimum atomic E-state index is -1.25. The smallest absolute Gasteiger partial charge is 0.412 e. The van der Waals surface area contributed by atoms with E-state index in [-0.39, 0.29) is 13.0 Å². The zero-order valence-corrected chi connectivity index (χ0v) is 12.9. The largest absolute Gasteiger partial charge is 0.496 e. The van der Waals surface area contributed by atoms with Gasteiger partial charge >= 0.3 is 6.09 Å². The van der Waals surface area contributed by atoms with Crippen LogP contribution >= 0.6 is 0 Å². The van der Waals surface area contributed by atoms with Crippen molar-refractivity contribution in [2.24, 2.45) is 5.73 Å². The highest BCUT2D eigenvalue weighted by Crippen LogP contribution is 2.32. The van der Waals surface area contributed by atoms with Crippen molar-refractivity contribution in [2.75, 3.05) is 19.0 Å². The maximum absolute atomic E-state index is 14.1. The number of hydrogen-bond donors (Lipinski definition) is 2. The summed E-state index contributed by atoms with van der Waals surface area (Å²) >= 11 is 0. The predicted octanol–water partition coefficient (Wildman–Crippen LogP) is 3.40. The van der Waals surface area contributed by atoms with E-state index < -0.39 is 17.9 Å². The Labute approximate surface area is 124 Å². The molecule has 1 aromatic carbocycles. The number of amides is 1. The molecule has 1 unspecified atom stereocenters. The molecule has 3 N–H and O–H groups in total. The third-order valence-corrected chi connectivity index (χ3v) is 2.63. The van der Waals surface area contributed by atoms with Crippen molar-refractivity contribution in [3.8, 4) is 5.75 Å². The standard InChI is InChI=1S/C15H23FN2O3/c1-15(2,3)21-14(19)18-10-5-6-13(20-4)11(9-10)12(16)7-8-17/h5-6,9,12H,7-8,17H2,1-4H3,(H,18,19). The van der Waals surface area contributed by atoms with Gasteiger partial charge in [0, 0.05) is 11.3 Å². The van der Waals surface area contributed by atoms with E-state index in [9.17, 15) is 9.18 Å². The Balaban J connectivity index is 2.90. The quantitative estimate of drug-likeness (QED) is 0.873. The van der Waals surface area contributed by atoms with E-state index >= 15 is 0 Å². The molecular weight excluding hydrogens is 275 g/mol. The van der Waals surface area contributed by atoms with Crippen molar-refractivity contribution in [3.63, 3.8) is 0 Å². The second-order valence-electron chi connectivity index (χ2n) is 5.63. The summed E-state index contributed by atoms with van der Waals surface area (Å²) in [5.41, 5.74) is 5.58. The second kappa shape index (κ2) is 7.26.